The second-order valence-corrected chi connectivity index (χ2v) is 4.93. The topological polar surface area (TPSA) is 122 Å². The van der Waals surface area contributed by atoms with Crippen molar-refractivity contribution in [3.8, 4) is 0 Å². The third-order valence-corrected chi connectivity index (χ3v) is 2.90. The van der Waals surface area contributed by atoms with Crippen LogP contribution in [0.4, 0.5) is 4.79 Å². The third kappa shape index (κ3) is 5.70. The number of carboxylic acid groups (broad SMARTS) is 1. The Morgan fingerprint density at radius 2 is 1.85 bits per heavy atom. The first-order valence-corrected chi connectivity index (χ1v) is 6.47. The number of nitrogens with two attached hydrogens (primary N) is 1. The van der Waals surface area contributed by atoms with Gasteiger partial charge in [0.05, 0.1) is 6.42 Å². The normalized spacial score (nSPS) is 11.4. The maximum Gasteiger partial charge on any atom is 0.326 e. The number of carbonyl (C=O) groups is 3. The monoisotopic (exact) mass is 343 g/mol. The van der Waals surface area contributed by atoms with Gasteiger partial charge in [-0.05, 0) is 17.7 Å². The minimum Gasteiger partial charge on any atom is -0.480 e. The van der Waals surface area contributed by atoms with Crippen LogP contribution in [-0.4, -0.2) is 29.1 Å². The minimum absolute atomic E-state index is 0.238. The summed E-state index contributed by atoms with van der Waals surface area (Å²) in [5.41, 5.74) is 5.76. The van der Waals surface area contributed by atoms with Crippen LogP contribution in [0.25, 0.3) is 0 Å². The van der Waals surface area contributed by atoms with Gasteiger partial charge in [0.25, 0.3) is 0 Å². The summed E-state index contributed by atoms with van der Waals surface area (Å²) in [6, 6.07) is 5.24. The third-order valence-electron chi connectivity index (χ3n) is 2.38. The molecule has 0 aliphatic carbocycles. The van der Waals surface area contributed by atoms with Crippen LogP contribution in [0, 0.1) is 0 Å². The molecular weight excluding hydrogens is 330 g/mol. The van der Waals surface area contributed by atoms with Crippen LogP contribution in [0.15, 0.2) is 28.7 Å². The Morgan fingerprint density at radius 1 is 1.25 bits per heavy atom. The first kappa shape index (κ1) is 16.0. The van der Waals surface area contributed by atoms with Gasteiger partial charge in [0.15, 0.2) is 0 Å². The highest BCUT2D eigenvalue weighted by molar-refractivity contribution is 9.10. The highest BCUT2D eigenvalue weighted by Crippen LogP contribution is 2.10. The van der Waals surface area contributed by atoms with E-state index in [2.05, 4.69) is 26.6 Å². The highest BCUT2D eigenvalue weighted by atomic mass is 79.9. The smallest absolute Gasteiger partial charge is 0.326 e. The Balaban J connectivity index is 2.47. The molecule has 5 N–H and O–H groups in total. The lowest BCUT2D eigenvalue weighted by Gasteiger charge is -2.13. The van der Waals surface area contributed by atoms with Crippen LogP contribution in [-0.2, 0) is 16.1 Å². The molecule has 0 aliphatic rings. The maximum atomic E-state index is 11.5. The van der Waals surface area contributed by atoms with Gasteiger partial charge in [-0.15, -0.1) is 0 Å². The number of primary amides is 1. The number of hydrogen-bond acceptors (Lipinski definition) is 3. The van der Waals surface area contributed by atoms with Crippen molar-refractivity contribution in [3.05, 3.63) is 34.3 Å². The van der Waals surface area contributed by atoms with Gasteiger partial charge in [-0.2, -0.15) is 0 Å². The number of amides is 3. The average molecular weight is 344 g/mol. The molecule has 8 heteroatoms. The molecule has 0 aromatic heterocycles. The molecule has 20 heavy (non-hydrogen) atoms. The molecule has 0 saturated carbocycles. The van der Waals surface area contributed by atoms with Crippen LogP contribution >= 0.6 is 15.9 Å². The zero-order valence-corrected chi connectivity index (χ0v) is 12.0. The van der Waals surface area contributed by atoms with E-state index in [4.69, 9.17) is 10.8 Å². The summed E-state index contributed by atoms with van der Waals surface area (Å²) in [5.74, 6) is -2.12. The van der Waals surface area contributed by atoms with Gasteiger partial charge < -0.3 is 21.5 Å². The summed E-state index contributed by atoms with van der Waals surface area (Å²) in [6.07, 6.45) is -0.457. The fourth-order valence-electron chi connectivity index (χ4n) is 1.40. The Morgan fingerprint density at radius 3 is 2.35 bits per heavy atom. The lowest BCUT2D eigenvalue weighted by molar-refractivity contribution is -0.140. The minimum atomic E-state index is -1.34. The second kappa shape index (κ2) is 7.49. The molecule has 0 heterocycles. The molecule has 0 saturated heterocycles. The van der Waals surface area contributed by atoms with Crippen LogP contribution in [0.5, 0.6) is 0 Å². The van der Waals surface area contributed by atoms with Crippen molar-refractivity contribution < 1.29 is 19.5 Å². The summed E-state index contributed by atoms with van der Waals surface area (Å²) >= 11 is 3.29. The van der Waals surface area contributed by atoms with E-state index >= 15 is 0 Å². The molecule has 7 nitrogen and oxygen atoms in total. The molecule has 1 atom stereocenters. The quantitative estimate of drug-likeness (QED) is 0.603. The van der Waals surface area contributed by atoms with E-state index in [1.807, 2.05) is 24.3 Å². The van der Waals surface area contributed by atoms with Gasteiger partial charge in [-0.3, -0.25) is 4.79 Å². The van der Waals surface area contributed by atoms with E-state index in [0.717, 1.165) is 10.0 Å². The Bertz CT molecular complexity index is 504. The van der Waals surface area contributed by atoms with Crippen molar-refractivity contribution in [1.29, 1.82) is 0 Å². The molecule has 3 amide bonds. The molecule has 0 unspecified atom stereocenters. The van der Waals surface area contributed by atoms with Crippen molar-refractivity contribution in [1.82, 2.24) is 10.6 Å². The summed E-state index contributed by atoms with van der Waals surface area (Å²) in [6.45, 7) is 0.238. The fourth-order valence-corrected chi connectivity index (χ4v) is 1.66. The number of carbonyl (C=O) groups excluding carboxylic acids is 2. The van der Waals surface area contributed by atoms with Crippen molar-refractivity contribution in [2.75, 3.05) is 0 Å². The van der Waals surface area contributed by atoms with Crippen molar-refractivity contribution in [2.45, 2.75) is 19.0 Å². The van der Waals surface area contributed by atoms with Crippen LogP contribution < -0.4 is 16.4 Å². The molecule has 0 radical (unpaired) electrons. The highest BCUT2D eigenvalue weighted by Gasteiger charge is 2.21. The van der Waals surface area contributed by atoms with E-state index in [1.165, 1.54) is 0 Å². The fraction of sp³-hybridized carbons (Fsp3) is 0.250. The van der Waals surface area contributed by atoms with E-state index in [9.17, 15) is 14.4 Å². The number of urea groups is 1. The summed E-state index contributed by atoms with van der Waals surface area (Å²) < 4.78 is 0.915. The first-order valence-electron chi connectivity index (χ1n) is 5.68. The molecular formula is C12H14BrN3O4. The lowest BCUT2D eigenvalue weighted by Crippen LogP contribution is -2.47. The zero-order chi connectivity index (χ0) is 15.1. The van der Waals surface area contributed by atoms with Crippen LogP contribution in [0.1, 0.15) is 12.0 Å². The Kier molecular flexibility index (Phi) is 5.98. The second-order valence-electron chi connectivity index (χ2n) is 4.01. The summed E-state index contributed by atoms with van der Waals surface area (Å²) in [7, 11) is 0. The molecule has 1 aromatic carbocycles. The van der Waals surface area contributed by atoms with Gasteiger partial charge in [-0.25, -0.2) is 9.59 Å². The Labute approximate surface area is 123 Å². The van der Waals surface area contributed by atoms with Gasteiger partial charge >= 0.3 is 12.0 Å². The predicted molar refractivity (Wildman–Crippen MR) is 74.7 cm³/mol. The molecule has 0 spiro atoms. The summed E-state index contributed by atoms with van der Waals surface area (Å²) in [4.78, 5) is 33.0. The molecule has 1 rings (SSSR count). The largest absolute Gasteiger partial charge is 0.480 e. The molecule has 0 fully saturated rings. The van der Waals surface area contributed by atoms with E-state index < -0.39 is 30.4 Å². The van der Waals surface area contributed by atoms with Gasteiger partial charge in [0.2, 0.25) is 5.91 Å². The number of nitrogens with one attached hydrogen (secondary N) is 2. The Hall–Kier alpha value is -2.09. The number of hydrogen-bond donors (Lipinski definition) is 4. The van der Waals surface area contributed by atoms with E-state index in [1.54, 1.807) is 0 Å². The molecule has 108 valence electrons. The number of halogens is 1. The maximum absolute atomic E-state index is 11.5. The lowest BCUT2D eigenvalue weighted by atomic mass is 10.2. The number of rotatable bonds is 6. The zero-order valence-electron chi connectivity index (χ0n) is 10.4. The van der Waals surface area contributed by atoms with Gasteiger partial charge in [0, 0.05) is 11.0 Å². The van der Waals surface area contributed by atoms with Crippen LogP contribution in [0.3, 0.4) is 0 Å². The van der Waals surface area contributed by atoms with Crippen molar-refractivity contribution in [2.24, 2.45) is 5.73 Å². The van der Waals surface area contributed by atoms with E-state index in [-0.39, 0.29) is 6.54 Å². The SMILES string of the molecule is NC(=O)C[C@@H](NC(=O)NCc1ccc(Br)cc1)C(=O)O. The number of carboxylic acids is 1. The van der Waals surface area contributed by atoms with E-state index in [0.29, 0.717) is 0 Å². The number of benzene rings is 1. The van der Waals surface area contributed by atoms with Gasteiger partial charge in [0.1, 0.15) is 6.04 Å². The first-order chi connectivity index (χ1) is 9.38. The van der Waals surface area contributed by atoms with Crippen molar-refractivity contribution in [3.63, 3.8) is 0 Å². The molecule has 1 aromatic rings. The molecule has 0 aliphatic heterocycles. The molecule has 0 bridgehead atoms. The predicted octanol–water partition coefficient (Wildman–Crippen LogP) is 0.577. The van der Waals surface area contributed by atoms with Crippen LogP contribution in [0.2, 0.25) is 0 Å². The van der Waals surface area contributed by atoms with Crippen molar-refractivity contribution >= 4 is 33.8 Å². The average Bonchev–Trinajstić information content (AvgIpc) is 2.36. The van der Waals surface area contributed by atoms with Gasteiger partial charge in [-0.1, -0.05) is 28.1 Å². The summed E-state index contributed by atoms with van der Waals surface area (Å²) in [5, 5.41) is 13.5. The number of aliphatic carboxylic acids is 1. The standard InChI is InChI=1S/C12H14BrN3O4/c13-8-3-1-7(2-4-8)6-15-12(20)16-9(11(18)19)5-10(14)17/h1-4,9H,5-6H2,(H2,14,17)(H,18,19)(H2,15,16,20)/t9-/m1/s1.